The molecule has 7 heteroatoms. The molecule has 0 radical (unpaired) electrons. The largest absolute Gasteiger partial charge is 0.507 e. The van der Waals surface area contributed by atoms with Gasteiger partial charge < -0.3 is 14.7 Å². The number of fused-ring (bicyclic) bond motifs is 1. The number of hydrogen-bond acceptors (Lipinski definition) is 3. The van der Waals surface area contributed by atoms with Crippen LogP contribution < -0.4 is 4.90 Å². The van der Waals surface area contributed by atoms with Gasteiger partial charge in [0.2, 0.25) is 0 Å². The van der Waals surface area contributed by atoms with Crippen molar-refractivity contribution in [1.82, 2.24) is 0 Å². The summed E-state index contributed by atoms with van der Waals surface area (Å²) in [5, 5.41) is 10.9. The van der Waals surface area contributed by atoms with Crippen LogP contribution >= 0.6 is 15.9 Å². The van der Waals surface area contributed by atoms with E-state index in [9.17, 15) is 18.3 Å². The van der Waals surface area contributed by atoms with Crippen LogP contribution in [0.1, 0.15) is 5.56 Å². The van der Waals surface area contributed by atoms with Gasteiger partial charge in [0.25, 0.3) is 0 Å². The molecular formula is C15H13BrF3NO2. The molecule has 1 heterocycles. The zero-order chi connectivity index (χ0) is 15.9. The molecular weight excluding hydrogens is 363 g/mol. The van der Waals surface area contributed by atoms with E-state index in [1.54, 1.807) is 6.07 Å². The minimum atomic E-state index is -4.45. The highest BCUT2D eigenvalue weighted by molar-refractivity contribution is 9.10. The fourth-order valence-corrected chi connectivity index (χ4v) is 3.13. The summed E-state index contributed by atoms with van der Waals surface area (Å²) in [4.78, 5) is 2.03. The van der Waals surface area contributed by atoms with Crippen molar-refractivity contribution in [3.05, 3.63) is 34.3 Å². The first-order chi connectivity index (χ1) is 10.4. The Labute approximate surface area is 133 Å². The Kier molecular flexibility index (Phi) is 3.94. The number of morpholine rings is 1. The maximum Gasteiger partial charge on any atom is 0.416 e. The number of benzene rings is 2. The van der Waals surface area contributed by atoms with Gasteiger partial charge in [-0.25, -0.2) is 0 Å². The van der Waals surface area contributed by atoms with Crippen LogP contribution in [0.5, 0.6) is 5.75 Å². The molecule has 118 valence electrons. The molecule has 0 aliphatic carbocycles. The first-order valence-electron chi connectivity index (χ1n) is 6.72. The van der Waals surface area contributed by atoms with E-state index in [2.05, 4.69) is 15.9 Å². The topological polar surface area (TPSA) is 32.7 Å². The highest BCUT2D eigenvalue weighted by Gasteiger charge is 2.31. The molecule has 0 bridgehead atoms. The second-order valence-corrected chi connectivity index (χ2v) is 5.97. The summed E-state index contributed by atoms with van der Waals surface area (Å²) >= 11 is 3.18. The van der Waals surface area contributed by atoms with Gasteiger partial charge in [-0.2, -0.15) is 13.2 Å². The van der Waals surface area contributed by atoms with E-state index in [-0.39, 0.29) is 11.1 Å². The summed E-state index contributed by atoms with van der Waals surface area (Å²) < 4.78 is 44.2. The van der Waals surface area contributed by atoms with Gasteiger partial charge in [-0.15, -0.1) is 0 Å². The average Bonchev–Trinajstić information content (AvgIpc) is 2.47. The Hall–Kier alpha value is -1.47. The highest BCUT2D eigenvalue weighted by Crippen LogP contribution is 2.40. The number of phenolic OH excluding ortho intramolecular Hbond substituents is 1. The summed E-state index contributed by atoms with van der Waals surface area (Å²) in [6, 6.07) is 5.29. The van der Waals surface area contributed by atoms with Gasteiger partial charge in [-0.3, -0.25) is 0 Å². The third-order valence-corrected chi connectivity index (χ3v) is 4.34. The fourth-order valence-electron chi connectivity index (χ4n) is 2.55. The molecule has 0 spiro atoms. The molecule has 0 aromatic heterocycles. The molecule has 1 aliphatic heterocycles. The second kappa shape index (κ2) is 5.62. The van der Waals surface area contributed by atoms with Crippen molar-refractivity contribution in [1.29, 1.82) is 0 Å². The normalized spacial score (nSPS) is 16.3. The summed E-state index contributed by atoms with van der Waals surface area (Å²) in [7, 11) is 0. The van der Waals surface area contributed by atoms with Crippen LogP contribution in [0.4, 0.5) is 18.9 Å². The lowest BCUT2D eigenvalue weighted by Crippen LogP contribution is -2.36. The Balaban J connectivity index is 2.12. The van der Waals surface area contributed by atoms with E-state index in [0.717, 1.165) is 17.8 Å². The first kappa shape index (κ1) is 15.4. The molecule has 1 aliphatic rings. The van der Waals surface area contributed by atoms with Gasteiger partial charge in [0.15, 0.2) is 0 Å². The summed E-state index contributed by atoms with van der Waals surface area (Å²) in [6.07, 6.45) is -4.45. The van der Waals surface area contributed by atoms with Crippen molar-refractivity contribution >= 4 is 32.4 Å². The van der Waals surface area contributed by atoms with E-state index < -0.39 is 11.7 Å². The molecule has 3 rings (SSSR count). The lowest BCUT2D eigenvalue weighted by molar-refractivity contribution is -0.137. The maximum atomic E-state index is 12.9. The van der Waals surface area contributed by atoms with Gasteiger partial charge >= 0.3 is 6.18 Å². The minimum absolute atomic E-state index is 0.161. The average molecular weight is 376 g/mol. The Morgan fingerprint density at radius 2 is 1.73 bits per heavy atom. The Morgan fingerprint density at radius 1 is 1.05 bits per heavy atom. The smallest absolute Gasteiger partial charge is 0.416 e. The second-order valence-electron chi connectivity index (χ2n) is 5.12. The zero-order valence-electron chi connectivity index (χ0n) is 11.5. The van der Waals surface area contributed by atoms with Crippen molar-refractivity contribution in [2.75, 3.05) is 31.2 Å². The summed E-state index contributed by atoms with van der Waals surface area (Å²) in [6.45, 7) is 2.55. The number of phenols is 1. The van der Waals surface area contributed by atoms with Gasteiger partial charge in [0, 0.05) is 40.1 Å². The lowest BCUT2D eigenvalue weighted by atomic mass is 10.0. The standard InChI is InChI=1S/C15H13BrF3NO2/c16-13-6-9(15(17,18)19)5-12-11(13)7-10(8-14(12)21)20-1-3-22-4-2-20/h5-8,21H,1-4H2. The fraction of sp³-hybridized carbons (Fsp3) is 0.333. The lowest BCUT2D eigenvalue weighted by Gasteiger charge is -2.29. The molecule has 22 heavy (non-hydrogen) atoms. The molecule has 1 saturated heterocycles. The quantitative estimate of drug-likeness (QED) is 0.811. The van der Waals surface area contributed by atoms with Crippen LogP contribution in [0.3, 0.4) is 0 Å². The maximum absolute atomic E-state index is 12.9. The molecule has 2 aromatic rings. The van der Waals surface area contributed by atoms with E-state index in [4.69, 9.17) is 4.74 Å². The number of hydrogen-bond donors (Lipinski definition) is 1. The molecule has 1 N–H and O–H groups in total. The third-order valence-electron chi connectivity index (χ3n) is 3.69. The van der Waals surface area contributed by atoms with Crippen molar-refractivity contribution in [3.63, 3.8) is 0 Å². The van der Waals surface area contributed by atoms with Crippen LogP contribution in [0.2, 0.25) is 0 Å². The van der Waals surface area contributed by atoms with Gasteiger partial charge in [-0.1, -0.05) is 15.9 Å². The van der Waals surface area contributed by atoms with Gasteiger partial charge in [-0.05, 0) is 18.2 Å². The molecule has 1 fully saturated rings. The van der Waals surface area contributed by atoms with E-state index in [1.807, 2.05) is 4.90 Å². The van der Waals surface area contributed by atoms with Crippen LogP contribution in [0, 0.1) is 0 Å². The zero-order valence-corrected chi connectivity index (χ0v) is 13.0. The third kappa shape index (κ3) is 2.87. The molecule has 2 aromatic carbocycles. The van der Waals surface area contributed by atoms with Crippen LogP contribution in [0.15, 0.2) is 28.7 Å². The van der Waals surface area contributed by atoms with Gasteiger partial charge in [0.05, 0.1) is 18.8 Å². The number of nitrogens with zero attached hydrogens (tertiary/aromatic N) is 1. The number of halogens is 4. The molecule has 0 saturated carbocycles. The van der Waals surface area contributed by atoms with Crippen molar-refractivity contribution < 1.29 is 23.0 Å². The van der Waals surface area contributed by atoms with Crippen LogP contribution in [0.25, 0.3) is 10.8 Å². The molecule has 0 atom stereocenters. The molecule has 0 unspecified atom stereocenters. The number of rotatable bonds is 1. The monoisotopic (exact) mass is 375 g/mol. The summed E-state index contributed by atoms with van der Waals surface area (Å²) in [5.74, 6) is -0.161. The summed E-state index contributed by atoms with van der Waals surface area (Å²) in [5.41, 5.74) is -0.0185. The number of ether oxygens (including phenoxy) is 1. The molecule has 0 amide bonds. The van der Waals surface area contributed by atoms with E-state index >= 15 is 0 Å². The van der Waals surface area contributed by atoms with Crippen LogP contribution in [-0.4, -0.2) is 31.4 Å². The van der Waals surface area contributed by atoms with Crippen molar-refractivity contribution in [2.45, 2.75) is 6.18 Å². The van der Waals surface area contributed by atoms with Crippen molar-refractivity contribution in [3.8, 4) is 5.75 Å². The van der Waals surface area contributed by atoms with Gasteiger partial charge in [0.1, 0.15) is 5.75 Å². The van der Waals surface area contributed by atoms with Crippen molar-refractivity contribution in [2.24, 2.45) is 0 Å². The van der Waals surface area contributed by atoms with E-state index in [0.29, 0.717) is 36.2 Å². The Bertz CT molecular complexity index is 712. The van der Waals surface area contributed by atoms with E-state index in [1.165, 1.54) is 6.07 Å². The predicted octanol–water partition coefficient (Wildman–Crippen LogP) is 4.16. The predicted molar refractivity (Wildman–Crippen MR) is 81.3 cm³/mol. The minimum Gasteiger partial charge on any atom is -0.507 e. The number of aromatic hydroxyl groups is 1. The van der Waals surface area contributed by atoms with Crippen LogP contribution in [-0.2, 0) is 10.9 Å². The number of anilines is 1. The Morgan fingerprint density at radius 3 is 2.36 bits per heavy atom. The first-order valence-corrected chi connectivity index (χ1v) is 7.52. The number of alkyl halides is 3. The SMILES string of the molecule is Oc1cc(N2CCOCC2)cc2c(Br)cc(C(F)(F)F)cc12. The highest BCUT2D eigenvalue weighted by atomic mass is 79.9. The molecule has 3 nitrogen and oxygen atoms in total.